The van der Waals surface area contributed by atoms with Gasteiger partial charge < -0.3 is 10.5 Å². The van der Waals surface area contributed by atoms with E-state index in [1.165, 1.54) is 0 Å². The minimum absolute atomic E-state index is 0.110. The third-order valence-corrected chi connectivity index (χ3v) is 5.28. The zero-order valence-electron chi connectivity index (χ0n) is 16.4. The molecule has 1 aromatic carbocycles. The molecule has 3 N–H and O–H groups in total. The summed E-state index contributed by atoms with van der Waals surface area (Å²) in [5, 5.41) is 2.21. The highest BCUT2D eigenvalue weighted by atomic mass is 16.5. The highest BCUT2D eigenvalue weighted by molar-refractivity contribution is 6.24. The molecule has 1 saturated heterocycles. The predicted molar refractivity (Wildman–Crippen MR) is 105 cm³/mol. The maximum absolute atomic E-state index is 13.0. The van der Waals surface area contributed by atoms with Gasteiger partial charge in [0.1, 0.15) is 6.04 Å². The number of benzene rings is 1. The van der Waals surface area contributed by atoms with Crippen molar-refractivity contribution in [1.29, 1.82) is 0 Å². The first kappa shape index (κ1) is 21.1. The van der Waals surface area contributed by atoms with Crippen LogP contribution in [0.15, 0.2) is 18.2 Å². The summed E-state index contributed by atoms with van der Waals surface area (Å²) in [6.07, 6.45) is 4.63. The first-order chi connectivity index (χ1) is 14.0. The summed E-state index contributed by atoms with van der Waals surface area (Å²) < 4.78 is 5.62. The number of ether oxygens (including phenoxy) is 1. The molecule has 1 atom stereocenters. The van der Waals surface area contributed by atoms with E-state index < -0.39 is 23.8 Å². The topological polar surface area (TPSA) is 119 Å². The Morgan fingerprint density at radius 1 is 1.03 bits per heavy atom. The number of carbonyl (C=O) groups is 4. The fourth-order valence-electron chi connectivity index (χ4n) is 3.79. The minimum Gasteiger partial charge on any atom is -0.381 e. The largest absolute Gasteiger partial charge is 0.381 e. The van der Waals surface area contributed by atoms with E-state index in [0.717, 1.165) is 36.1 Å². The van der Waals surface area contributed by atoms with E-state index in [1.807, 2.05) is 6.07 Å². The van der Waals surface area contributed by atoms with E-state index in [4.69, 9.17) is 10.5 Å². The monoisotopic (exact) mass is 401 g/mol. The first-order valence-electron chi connectivity index (χ1n) is 10.2. The number of hydrogen-bond donors (Lipinski definition) is 2. The van der Waals surface area contributed by atoms with E-state index in [2.05, 4.69) is 5.32 Å². The van der Waals surface area contributed by atoms with Crippen LogP contribution in [0.25, 0.3) is 0 Å². The van der Waals surface area contributed by atoms with Gasteiger partial charge in [-0.25, -0.2) is 0 Å². The van der Waals surface area contributed by atoms with Crippen molar-refractivity contribution in [2.24, 2.45) is 5.73 Å². The van der Waals surface area contributed by atoms with E-state index in [9.17, 15) is 19.2 Å². The van der Waals surface area contributed by atoms with Crippen LogP contribution < -0.4 is 11.1 Å². The number of carbonyl (C=O) groups excluding carboxylic acids is 4. The molecule has 8 nitrogen and oxygen atoms in total. The van der Waals surface area contributed by atoms with Gasteiger partial charge in [-0.15, -0.1) is 0 Å². The van der Waals surface area contributed by atoms with Crippen LogP contribution in [0.2, 0.25) is 0 Å². The van der Waals surface area contributed by atoms with Crippen molar-refractivity contribution in [2.75, 3.05) is 19.8 Å². The van der Waals surface area contributed by atoms with Gasteiger partial charge in [-0.3, -0.25) is 29.4 Å². The smallest absolute Gasteiger partial charge is 0.262 e. The molecule has 1 unspecified atom stereocenters. The number of hydrogen-bond acceptors (Lipinski definition) is 6. The molecule has 0 radical (unpaired) electrons. The van der Waals surface area contributed by atoms with E-state index in [0.29, 0.717) is 37.3 Å². The summed E-state index contributed by atoms with van der Waals surface area (Å²) >= 11 is 0. The van der Waals surface area contributed by atoms with Gasteiger partial charge in [-0.1, -0.05) is 12.1 Å². The Morgan fingerprint density at radius 2 is 1.83 bits per heavy atom. The van der Waals surface area contributed by atoms with Crippen molar-refractivity contribution in [3.8, 4) is 0 Å². The fraction of sp³-hybridized carbons (Fsp3) is 0.524. The van der Waals surface area contributed by atoms with Crippen LogP contribution >= 0.6 is 0 Å². The quantitative estimate of drug-likeness (QED) is 0.449. The third-order valence-electron chi connectivity index (χ3n) is 5.28. The average Bonchev–Trinajstić information content (AvgIpc) is 2.95. The molecule has 4 amide bonds. The number of rotatable bonds is 10. The van der Waals surface area contributed by atoms with Crippen LogP contribution in [-0.4, -0.2) is 54.3 Å². The molecule has 0 aliphatic carbocycles. The third kappa shape index (κ3) is 4.71. The van der Waals surface area contributed by atoms with Gasteiger partial charge in [-0.2, -0.15) is 0 Å². The molecule has 8 heteroatoms. The summed E-state index contributed by atoms with van der Waals surface area (Å²) in [4.78, 5) is 50.3. The lowest BCUT2D eigenvalue weighted by Gasteiger charge is -2.27. The molecule has 2 heterocycles. The van der Waals surface area contributed by atoms with E-state index >= 15 is 0 Å². The zero-order chi connectivity index (χ0) is 20.8. The molecule has 0 bridgehead atoms. The minimum atomic E-state index is -0.940. The van der Waals surface area contributed by atoms with Crippen molar-refractivity contribution in [1.82, 2.24) is 10.2 Å². The van der Waals surface area contributed by atoms with Gasteiger partial charge in [-0.05, 0) is 56.7 Å². The molecule has 0 saturated carbocycles. The zero-order valence-corrected chi connectivity index (χ0v) is 16.4. The lowest BCUT2D eigenvalue weighted by atomic mass is 9.99. The van der Waals surface area contributed by atoms with Crippen LogP contribution in [0, 0.1) is 0 Å². The number of nitrogens with two attached hydrogens (primary N) is 1. The molecular weight excluding hydrogens is 374 g/mol. The second-order valence-electron chi connectivity index (χ2n) is 7.35. The standard InChI is InChI=1S/C21H27N3O5/c22-11-2-1-3-12-29-13-5-7-14-6-4-8-15-18(14)21(28)24(20(15)27)16-9-10-17(25)23-19(16)26/h4,6,8,16H,1-3,5,7,9-13,22H2,(H,23,25,26). The Morgan fingerprint density at radius 3 is 2.59 bits per heavy atom. The number of nitrogens with one attached hydrogen (secondary N) is 1. The van der Waals surface area contributed by atoms with E-state index in [-0.39, 0.29) is 18.7 Å². The SMILES string of the molecule is NCCCCCOCCCc1cccc2c1C(=O)N(C1CCC(=O)NC1=O)C2=O. The van der Waals surface area contributed by atoms with Gasteiger partial charge in [0.2, 0.25) is 11.8 Å². The van der Waals surface area contributed by atoms with Crippen LogP contribution in [0.4, 0.5) is 0 Å². The normalized spacial score (nSPS) is 18.9. The van der Waals surface area contributed by atoms with Crippen molar-refractivity contribution in [2.45, 2.75) is 51.0 Å². The molecule has 2 aliphatic rings. The van der Waals surface area contributed by atoms with Crippen LogP contribution in [0.5, 0.6) is 0 Å². The number of amides is 4. The Balaban J connectivity index is 1.61. The molecule has 2 aliphatic heterocycles. The fourth-order valence-corrected chi connectivity index (χ4v) is 3.79. The molecular formula is C21H27N3O5. The number of fused-ring (bicyclic) bond motifs is 1. The Bertz CT molecular complexity index is 808. The van der Waals surface area contributed by atoms with Gasteiger partial charge >= 0.3 is 0 Å². The maximum Gasteiger partial charge on any atom is 0.262 e. The molecule has 1 aromatic rings. The summed E-state index contributed by atoms with van der Waals surface area (Å²) in [6.45, 7) is 1.96. The van der Waals surface area contributed by atoms with Crippen molar-refractivity contribution >= 4 is 23.6 Å². The van der Waals surface area contributed by atoms with Crippen molar-refractivity contribution < 1.29 is 23.9 Å². The van der Waals surface area contributed by atoms with Crippen LogP contribution in [0.1, 0.15) is 64.8 Å². The molecule has 156 valence electrons. The Labute approximate surface area is 169 Å². The number of nitrogens with zero attached hydrogens (tertiary/aromatic N) is 1. The molecule has 0 spiro atoms. The highest BCUT2D eigenvalue weighted by Gasteiger charge is 2.45. The van der Waals surface area contributed by atoms with E-state index in [1.54, 1.807) is 12.1 Å². The summed E-state index contributed by atoms with van der Waals surface area (Å²) in [7, 11) is 0. The number of imide groups is 2. The average molecular weight is 401 g/mol. The summed E-state index contributed by atoms with van der Waals surface area (Å²) in [6, 6.07) is 4.25. The first-order valence-corrected chi connectivity index (χ1v) is 10.2. The molecule has 1 fully saturated rings. The van der Waals surface area contributed by atoms with Gasteiger partial charge in [0.25, 0.3) is 11.8 Å². The maximum atomic E-state index is 13.0. The number of unbranched alkanes of at least 4 members (excludes halogenated alkanes) is 2. The van der Waals surface area contributed by atoms with Crippen LogP contribution in [0.3, 0.4) is 0 Å². The lowest BCUT2D eigenvalue weighted by Crippen LogP contribution is -2.54. The van der Waals surface area contributed by atoms with Gasteiger partial charge in [0.15, 0.2) is 0 Å². The predicted octanol–water partition coefficient (Wildman–Crippen LogP) is 1.17. The Kier molecular flexibility index (Phi) is 7.11. The second-order valence-corrected chi connectivity index (χ2v) is 7.35. The van der Waals surface area contributed by atoms with Gasteiger partial charge in [0.05, 0.1) is 11.1 Å². The summed E-state index contributed by atoms with van der Waals surface area (Å²) in [5.74, 6) is -1.91. The highest BCUT2D eigenvalue weighted by Crippen LogP contribution is 2.30. The molecule has 0 aromatic heterocycles. The van der Waals surface area contributed by atoms with Gasteiger partial charge in [0, 0.05) is 19.6 Å². The summed E-state index contributed by atoms with van der Waals surface area (Å²) in [5.41, 5.74) is 6.92. The Hall–Kier alpha value is -2.58. The second kappa shape index (κ2) is 9.76. The van der Waals surface area contributed by atoms with Crippen LogP contribution in [-0.2, 0) is 20.7 Å². The number of piperidine rings is 1. The lowest BCUT2D eigenvalue weighted by molar-refractivity contribution is -0.136. The van der Waals surface area contributed by atoms with Crippen molar-refractivity contribution in [3.63, 3.8) is 0 Å². The number of aryl methyl sites for hydroxylation is 1. The van der Waals surface area contributed by atoms with Crippen molar-refractivity contribution in [3.05, 3.63) is 34.9 Å². The molecule has 3 rings (SSSR count). The molecule has 29 heavy (non-hydrogen) atoms.